The first-order valence-electron chi connectivity index (χ1n) is 7.75. The van der Waals surface area contributed by atoms with E-state index in [-0.39, 0.29) is 0 Å². The summed E-state index contributed by atoms with van der Waals surface area (Å²) in [7, 11) is 2.20. The van der Waals surface area contributed by atoms with Gasteiger partial charge in [-0.3, -0.25) is 0 Å². The van der Waals surface area contributed by atoms with Gasteiger partial charge in [0, 0.05) is 12.2 Å². The molecule has 0 atom stereocenters. The van der Waals surface area contributed by atoms with Crippen LogP contribution in [0, 0.1) is 26.7 Å². The van der Waals surface area contributed by atoms with Crippen LogP contribution in [0.15, 0.2) is 0 Å². The van der Waals surface area contributed by atoms with E-state index in [4.69, 9.17) is 5.73 Å². The number of fused-ring (bicyclic) bond motifs is 1. The molecule has 2 aromatic rings. The maximum atomic E-state index is 6.12. The first-order valence-corrected chi connectivity index (χ1v) is 7.75. The van der Waals surface area contributed by atoms with Crippen molar-refractivity contribution in [2.75, 3.05) is 25.9 Å². The van der Waals surface area contributed by atoms with E-state index in [0.29, 0.717) is 5.82 Å². The third kappa shape index (κ3) is 2.50. The van der Waals surface area contributed by atoms with Gasteiger partial charge in [-0.1, -0.05) is 0 Å². The molecule has 1 aliphatic rings. The Kier molecular flexibility index (Phi) is 3.61. The zero-order valence-corrected chi connectivity index (χ0v) is 13.5. The summed E-state index contributed by atoms with van der Waals surface area (Å²) in [4.78, 5) is 11.4. The predicted molar refractivity (Wildman–Crippen MR) is 86.4 cm³/mol. The van der Waals surface area contributed by atoms with Gasteiger partial charge in [0.15, 0.2) is 0 Å². The van der Waals surface area contributed by atoms with Crippen molar-refractivity contribution in [3.63, 3.8) is 0 Å². The highest BCUT2D eigenvalue weighted by molar-refractivity contribution is 5.91. The van der Waals surface area contributed by atoms with Gasteiger partial charge in [-0.2, -0.15) is 0 Å². The number of rotatable bonds is 2. The van der Waals surface area contributed by atoms with Crippen LogP contribution in [0.4, 0.5) is 5.82 Å². The Hall–Kier alpha value is -1.62. The van der Waals surface area contributed by atoms with Gasteiger partial charge in [0.05, 0.1) is 5.39 Å². The van der Waals surface area contributed by atoms with Crippen molar-refractivity contribution in [2.24, 2.45) is 5.92 Å². The fourth-order valence-corrected chi connectivity index (χ4v) is 3.40. The molecular formula is C16H25N5. The standard InChI is InChI=1S/C16H25N5/c1-10-11(2)21(9-13-5-7-20(4)8-6-13)16-14(10)15(17)18-12(3)19-16/h13H,5-9H2,1-4H3,(H2,17,18,19). The third-order valence-corrected chi connectivity index (χ3v) is 4.89. The Bertz CT molecular complexity index is 665. The van der Waals surface area contributed by atoms with E-state index in [0.717, 1.165) is 29.3 Å². The summed E-state index contributed by atoms with van der Waals surface area (Å²) in [5, 5.41) is 1.03. The monoisotopic (exact) mass is 287 g/mol. The van der Waals surface area contributed by atoms with Crippen molar-refractivity contribution >= 4 is 16.9 Å². The lowest BCUT2D eigenvalue weighted by atomic mass is 9.97. The summed E-state index contributed by atoms with van der Waals surface area (Å²) >= 11 is 0. The van der Waals surface area contributed by atoms with E-state index >= 15 is 0 Å². The first-order chi connectivity index (χ1) is 9.97. The normalized spacial score (nSPS) is 17.7. The average molecular weight is 287 g/mol. The highest BCUT2D eigenvalue weighted by Gasteiger charge is 2.21. The molecule has 3 rings (SSSR count). The lowest BCUT2D eigenvalue weighted by Crippen LogP contribution is -2.32. The second-order valence-corrected chi connectivity index (χ2v) is 6.42. The second kappa shape index (κ2) is 5.30. The third-order valence-electron chi connectivity index (χ3n) is 4.89. The Labute approximate surface area is 126 Å². The molecule has 3 heterocycles. The van der Waals surface area contributed by atoms with Crippen molar-refractivity contribution in [1.29, 1.82) is 0 Å². The van der Waals surface area contributed by atoms with Crippen LogP contribution in [-0.4, -0.2) is 39.6 Å². The molecule has 0 aliphatic carbocycles. The largest absolute Gasteiger partial charge is 0.383 e. The molecule has 5 heteroatoms. The van der Waals surface area contributed by atoms with Crippen LogP contribution in [0.2, 0.25) is 0 Å². The van der Waals surface area contributed by atoms with E-state index in [9.17, 15) is 0 Å². The number of anilines is 1. The molecule has 5 nitrogen and oxygen atoms in total. The number of hydrogen-bond acceptors (Lipinski definition) is 4. The fraction of sp³-hybridized carbons (Fsp3) is 0.625. The zero-order chi connectivity index (χ0) is 15.1. The van der Waals surface area contributed by atoms with Gasteiger partial charge in [-0.05, 0) is 65.2 Å². The Morgan fingerprint density at radius 3 is 2.48 bits per heavy atom. The molecule has 1 saturated heterocycles. The van der Waals surface area contributed by atoms with Gasteiger partial charge in [0.1, 0.15) is 17.3 Å². The van der Waals surface area contributed by atoms with E-state index < -0.39 is 0 Å². The molecule has 0 saturated carbocycles. The van der Waals surface area contributed by atoms with Gasteiger partial charge in [-0.15, -0.1) is 0 Å². The maximum absolute atomic E-state index is 6.12. The minimum atomic E-state index is 0.611. The highest BCUT2D eigenvalue weighted by Crippen LogP contribution is 2.30. The number of piperidine rings is 1. The molecule has 0 unspecified atom stereocenters. The minimum Gasteiger partial charge on any atom is -0.383 e. The van der Waals surface area contributed by atoms with Crippen molar-refractivity contribution in [1.82, 2.24) is 19.4 Å². The fourth-order valence-electron chi connectivity index (χ4n) is 3.40. The van der Waals surface area contributed by atoms with Gasteiger partial charge < -0.3 is 15.2 Å². The smallest absolute Gasteiger partial charge is 0.146 e. The molecule has 2 aromatic heterocycles. The van der Waals surface area contributed by atoms with E-state index in [1.54, 1.807) is 0 Å². The van der Waals surface area contributed by atoms with Gasteiger partial charge in [-0.25, -0.2) is 9.97 Å². The van der Waals surface area contributed by atoms with E-state index in [1.807, 2.05) is 6.92 Å². The summed E-state index contributed by atoms with van der Waals surface area (Å²) in [6.45, 7) is 9.63. The number of aromatic nitrogens is 3. The molecule has 1 fully saturated rings. The summed E-state index contributed by atoms with van der Waals surface area (Å²) in [6, 6.07) is 0. The van der Waals surface area contributed by atoms with Crippen molar-refractivity contribution in [2.45, 2.75) is 40.2 Å². The zero-order valence-electron chi connectivity index (χ0n) is 13.5. The Balaban J connectivity index is 2.00. The number of likely N-dealkylation sites (tertiary alicyclic amines) is 1. The lowest BCUT2D eigenvalue weighted by molar-refractivity contribution is 0.205. The van der Waals surface area contributed by atoms with Gasteiger partial charge >= 0.3 is 0 Å². The molecule has 0 radical (unpaired) electrons. The summed E-state index contributed by atoms with van der Waals surface area (Å²) in [6.07, 6.45) is 2.52. The number of hydrogen-bond donors (Lipinski definition) is 1. The van der Waals surface area contributed by atoms with Crippen LogP contribution >= 0.6 is 0 Å². The lowest BCUT2D eigenvalue weighted by Gasteiger charge is -2.29. The van der Waals surface area contributed by atoms with Crippen LogP contribution in [0.1, 0.15) is 29.9 Å². The maximum Gasteiger partial charge on any atom is 0.146 e. The number of nitrogen functional groups attached to an aromatic ring is 1. The topological polar surface area (TPSA) is 60.0 Å². The predicted octanol–water partition coefficient (Wildman–Crippen LogP) is 2.28. The van der Waals surface area contributed by atoms with Crippen LogP contribution in [0.5, 0.6) is 0 Å². The number of nitrogens with zero attached hydrogens (tertiary/aromatic N) is 4. The molecule has 2 N–H and O–H groups in total. The summed E-state index contributed by atoms with van der Waals surface area (Å²) in [5.41, 5.74) is 9.62. The van der Waals surface area contributed by atoms with Crippen LogP contribution in [0.3, 0.4) is 0 Å². The first kappa shape index (κ1) is 14.3. The molecule has 21 heavy (non-hydrogen) atoms. The molecule has 0 amide bonds. The SMILES string of the molecule is Cc1nc(N)c2c(C)c(C)n(CC3CCN(C)CC3)c2n1. The number of nitrogens with two attached hydrogens (primary N) is 1. The van der Waals surface area contributed by atoms with E-state index in [2.05, 4.69) is 40.3 Å². The Morgan fingerprint density at radius 1 is 1.14 bits per heavy atom. The van der Waals surface area contributed by atoms with Crippen molar-refractivity contribution < 1.29 is 0 Å². The molecule has 0 bridgehead atoms. The van der Waals surface area contributed by atoms with Crippen LogP contribution < -0.4 is 5.73 Å². The number of aryl methyl sites for hydroxylation is 2. The second-order valence-electron chi connectivity index (χ2n) is 6.42. The van der Waals surface area contributed by atoms with Crippen LogP contribution in [0.25, 0.3) is 11.0 Å². The van der Waals surface area contributed by atoms with Crippen LogP contribution in [-0.2, 0) is 6.54 Å². The van der Waals surface area contributed by atoms with Crippen molar-refractivity contribution in [3.8, 4) is 0 Å². The molecule has 0 spiro atoms. The van der Waals surface area contributed by atoms with E-state index in [1.165, 1.54) is 37.2 Å². The quantitative estimate of drug-likeness (QED) is 0.920. The van der Waals surface area contributed by atoms with Gasteiger partial charge in [0.25, 0.3) is 0 Å². The molecular weight excluding hydrogens is 262 g/mol. The Morgan fingerprint density at radius 2 is 1.81 bits per heavy atom. The summed E-state index contributed by atoms with van der Waals surface area (Å²) in [5.74, 6) is 2.09. The van der Waals surface area contributed by atoms with Crippen molar-refractivity contribution in [3.05, 3.63) is 17.1 Å². The van der Waals surface area contributed by atoms with Gasteiger partial charge in [0.2, 0.25) is 0 Å². The molecule has 114 valence electrons. The summed E-state index contributed by atoms with van der Waals surface area (Å²) < 4.78 is 2.35. The molecule has 0 aromatic carbocycles. The minimum absolute atomic E-state index is 0.611. The molecule has 1 aliphatic heterocycles. The average Bonchev–Trinajstić information content (AvgIpc) is 2.66. The highest BCUT2D eigenvalue weighted by atomic mass is 15.1.